The molecule has 0 amide bonds. The zero-order chi connectivity index (χ0) is 19.4. The molecule has 2 aromatic carbocycles. The highest BCUT2D eigenvalue weighted by Gasteiger charge is 2.34. The summed E-state index contributed by atoms with van der Waals surface area (Å²) in [5, 5.41) is 9.04. The number of halogens is 3. The number of nitrogens with zero attached hydrogens (tertiary/aromatic N) is 4. The predicted octanol–water partition coefficient (Wildman–Crippen LogP) is 4.46. The molecular formula is C20H17F3N4. The second-order valence-electron chi connectivity index (χ2n) is 6.15. The smallest absolute Gasteiger partial charge is 0.367 e. The standard InChI is InChI=1S/C20H17F3N4/c1-26(18-11-16(12-24)7-8-17(18)20(21,22)23)14-19-25-9-10-27(19)13-15-5-3-2-4-6-15/h2-11H,13-14H2,1H3. The molecule has 0 aliphatic rings. The molecule has 0 N–H and O–H groups in total. The Bertz CT molecular complexity index is 955. The normalized spacial score (nSPS) is 11.2. The molecule has 0 radical (unpaired) electrons. The molecule has 3 aromatic rings. The van der Waals surface area contributed by atoms with Crippen LogP contribution in [0.5, 0.6) is 0 Å². The maximum atomic E-state index is 13.4. The molecule has 3 rings (SSSR count). The van der Waals surface area contributed by atoms with E-state index in [4.69, 9.17) is 5.26 Å². The van der Waals surface area contributed by atoms with E-state index < -0.39 is 11.7 Å². The van der Waals surface area contributed by atoms with Crippen LogP contribution in [0.4, 0.5) is 18.9 Å². The molecule has 4 nitrogen and oxygen atoms in total. The van der Waals surface area contributed by atoms with Crippen molar-refractivity contribution in [2.45, 2.75) is 19.3 Å². The molecular weight excluding hydrogens is 353 g/mol. The Morgan fingerprint density at radius 3 is 2.56 bits per heavy atom. The summed E-state index contributed by atoms with van der Waals surface area (Å²) in [6.45, 7) is 0.756. The van der Waals surface area contributed by atoms with Crippen LogP contribution in [0.2, 0.25) is 0 Å². The van der Waals surface area contributed by atoms with Gasteiger partial charge in [-0.1, -0.05) is 30.3 Å². The van der Waals surface area contributed by atoms with Crippen LogP contribution in [0.25, 0.3) is 0 Å². The Morgan fingerprint density at radius 1 is 1.15 bits per heavy atom. The van der Waals surface area contributed by atoms with Gasteiger partial charge in [-0.2, -0.15) is 18.4 Å². The van der Waals surface area contributed by atoms with E-state index in [1.165, 1.54) is 17.0 Å². The fourth-order valence-corrected chi connectivity index (χ4v) is 2.87. The van der Waals surface area contributed by atoms with Crippen LogP contribution >= 0.6 is 0 Å². The number of anilines is 1. The summed E-state index contributed by atoms with van der Waals surface area (Å²) in [4.78, 5) is 5.75. The number of hydrogen-bond donors (Lipinski definition) is 0. The SMILES string of the molecule is CN(Cc1nccn1Cc1ccccc1)c1cc(C#N)ccc1C(F)(F)F. The molecule has 7 heteroatoms. The summed E-state index contributed by atoms with van der Waals surface area (Å²) in [5.74, 6) is 0.636. The zero-order valence-electron chi connectivity index (χ0n) is 14.6. The predicted molar refractivity (Wildman–Crippen MR) is 96.0 cm³/mol. The van der Waals surface area contributed by atoms with Gasteiger partial charge in [0.15, 0.2) is 0 Å². The highest BCUT2D eigenvalue weighted by molar-refractivity contribution is 5.58. The molecule has 1 heterocycles. The van der Waals surface area contributed by atoms with Gasteiger partial charge in [-0.3, -0.25) is 0 Å². The van der Waals surface area contributed by atoms with E-state index in [1.807, 2.05) is 41.0 Å². The molecule has 0 aliphatic heterocycles. The van der Waals surface area contributed by atoms with Gasteiger partial charge < -0.3 is 9.47 Å². The Labute approximate surface area is 155 Å². The van der Waals surface area contributed by atoms with E-state index in [0.29, 0.717) is 12.4 Å². The lowest BCUT2D eigenvalue weighted by atomic mass is 10.1. The first-order valence-corrected chi connectivity index (χ1v) is 8.25. The van der Waals surface area contributed by atoms with E-state index in [1.54, 1.807) is 19.4 Å². The van der Waals surface area contributed by atoms with Crippen molar-refractivity contribution in [3.05, 3.63) is 83.4 Å². The Morgan fingerprint density at radius 2 is 1.89 bits per heavy atom. The number of aromatic nitrogens is 2. The van der Waals surface area contributed by atoms with Crippen LogP contribution in [0.3, 0.4) is 0 Å². The minimum Gasteiger partial charge on any atom is -0.367 e. The van der Waals surface area contributed by atoms with Gasteiger partial charge in [0.25, 0.3) is 0 Å². The lowest BCUT2D eigenvalue weighted by Crippen LogP contribution is -2.23. The van der Waals surface area contributed by atoms with Gasteiger partial charge in [0.05, 0.1) is 29.4 Å². The van der Waals surface area contributed by atoms with Crippen LogP contribution in [0.1, 0.15) is 22.5 Å². The van der Waals surface area contributed by atoms with Gasteiger partial charge in [0.1, 0.15) is 5.82 Å². The topological polar surface area (TPSA) is 44.9 Å². The van der Waals surface area contributed by atoms with Crippen LogP contribution in [-0.4, -0.2) is 16.6 Å². The third kappa shape index (κ3) is 4.29. The first kappa shape index (κ1) is 18.5. The molecule has 1 aromatic heterocycles. The molecule has 0 saturated heterocycles. The van der Waals surface area contributed by atoms with Crippen molar-refractivity contribution in [1.29, 1.82) is 5.26 Å². The molecule has 0 saturated carbocycles. The van der Waals surface area contributed by atoms with E-state index in [0.717, 1.165) is 11.6 Å². The van der Waals surface area contributed by atoms with E-state index in [-0.39, 0.29) is 17.8 Å². The van der Waals surface area contributed by atoms with Crippen molar-refractivity contribution in [3.8, 4) is 6.07 Å². The fourth-order valence-electron chi connectivity index (χ4n) is 2.87. The summed E-state index contributed by atoms with van der Waals surface area (Å²) in [6, 6.07) is 15.0. The van der Waals surface area contributed by atoms with Gasteiger partial charge in [0.2, 0.25) is 0 Å². The monoisotopic (exact) mass is 370 g/mol. The van der Waals surface area contributed by atoms with Gasteiger partial charge in [-0.25, -0.2) is 4.98 Å². The lowest BCUT2D eigenvalue weighted by molar-refractivity contribution is -0.137. The first-order chi connectivity index (χ1) is 12.9. The van der Waals surface area contributed by atoms with Crippen molar-refractivity contribution in [3.63, 3.8) is 0 Å². The average Bonchev–Trinajstić information content (AvgIpc) is 3.07. The number of hydrogen-bond acceptors (Lipinski definition) is 3. The molecule has 138 valence electrons. The summed E-state index contributed by atoms with van der Waals surface area (Å²) in [7, 11) is 1.56. The average molecular weight is 370 g/mol. The van der Waals surface area contributed by atoms with Crippen molar-refractivity contribution in [2.24, 2.45) is 0 Å². The van der Waals surface area contributed by atoms with Gasteiger partial charge >= 0.3 is 6.18 Å². The third-order valence-corrected chi connectivity index (χ3v) is 4.22. The lowest BCUT2D eigenvalue weighted by Gasteiger charge is -2.24. The summed E-state index contributed by atoms with van der Waals surface area (Å²) >= 11 is 0. The number of rotatable bonds is 5. The van der Waals surface area contributed by atoms with E-state index in [2.05, 4.69) is 4.98 Å². The largest absolute Gasteiger partial charge is 0.418 e. The molecule has 0 bridgehead atoms. The van der Waals surface area contributed by atoms with Crippen LogP contribution < -0.4 is 4.90 Å². The van der Waals surface area contributed by atoms with Crippen LogP contribution in [0, 0.1) is 11.3 Å². The summed E-state index contributed by atoms with van der Waals surface area (Å²) in [5.41, 5.74) is 0.431. The minimum absolute atomic E-state index is 0.0455. The van der Waals surface area contributed by atoms with Crippen LogP contribution in [0.15, 0.2) is 60.9 Å². The Balaban J connectivity index is 1.88. The second kappa shape index (κ2) is 7.54. The summed E-state index contributed by atoms with van der Waals surface area (Å²) in [6.07, 6.45) is -1.08. The quantitative estimate of drug-likeness (QED) is 0.666. The maximum Gasteiger partial charge on any atom is 0.418 e. The number of benzene rings is 2. The Kier molecular flexibility index (Phi) is 5.17. The van der Waals surface area contributed by atoms with Crippen molar-refractivity contribution < 1.29 is 13.2 Å². The first-order valence-electron chi connectivity index (χ1n) is 8.25. The third-order valence-electron chi connectivity index (χ3n) is 4.22. The van der Waals surface area contributed by atoms with E-state index in [9.17, 15) is 13.2 Å². The second-order valence-corrected chi connectivity index (χ2v) is 6.15. The zero-order valence-corrected chi connectivity index (χ0v) is 14.6. The van der Waals surface area contributed by atoms with Crippen molar-refractivity contribution in [2.75, 3.05) is 11.9 Å². The molecule has 0 aliphatic carbocycles. The van der Waals surface area contributed by atoms with Crippen molar-refractivity contribution >= 4 is 5.69 Å². The highest BCUT2D eigenvalue weighted by Crippen LogP contribution is 2.37. The molecule has 0 unspecified atom stereocenters. The van der Waals surface area contributed by atoms with Gasteiger partial charge in [0, 0.05) is 26.0 Å². The van der Waals surface area contributed by atoms with Gasteiger partial charge in [-0.05, 0) is 23.8 Å². The molecule has 0 spiro atoms. The molecule has 0 fully saturated rings. The number of imidazole rings is 1. The molecule has 27 heavy (non-hydrogen) atoms. The van der Waals surface area contributed by atoms with Gasteiger partial charge in [-0.15, -0.1) is 0 Å². The number of alkyl halides is 3. The summed E-state index contributed by atoms with van der Waals surface area (Å²) < 4.78 is 42.0. The van der Waals surface area contributed by atoms with Crippen molar-refractivity contribution in [1.82, 2.24) is 9.55 Å². The Hall–Kier alpha value is -3.27. The maximum absolute atomic E-state index is 13.4. The minimum atomic E-state index is -4.50. The molecule has 0 atom stereocenters. The van der Waals surface area contributed by atoms with E-state index >= 15 is 0 Å². The van der Waals surface area contributed by atoms with Crippen LogP contribution in [-0.2, 0) is 19.3 Å². The number of nitriles is 1. The highest BCUT2D eigenvalue weighted by atomic mass is 19.4. The fraction of sp³-hybridized carbons (Fsp3) is 0.200.